The number of sulfonamides is 1. The number of halogens is 3. The number of hydrogen-bond donors (Lipinski definition) is 2. The van der Waals surface area contributed by atoms with E-state index in [0.717, 1.165) is 12.1 Å². The van der Waals surface area contributed by atoms with Crippen LogP contribution >= 0.6 is 11.6 Å². The molecule has 1 fully saturated rings. The molecule has 0 saturated heterocycles. The van der Waals surface area contributed by atoms with Gasteiger partial charge in [-0.05, 0) is 25.0 Å². The van der Waals surface area contributed by atoms with Crippen molar-refractivity contribution in [2.45, 2.75) is 23.8 Å². The van der Waals surface area contributed by atoms with E-state index in [0.29, 0.717) is 12.8 Å². The van der Waals surface area contributed by atoms with E-state index in [1.54, 1.807) is 0 Å². The van der Waals surface area contributed by atoms with E-state index in [2.05, 4.69) is 11.3 Å². The lowest BCUT2D eigenvalue weighted by Crippen LogP contribution is -2.26. The first kappa shape index (κ1) is 15.9. The highest BCUT2D eigenvalue weighted by atomic mass is 35.5. The first-order valence-corrected chi connectivity index (χ1v) is 7.74. The van der Waals surface area contributed by atoms with E-state index in [9.17, 15) is 22.0 Å². The number of carbonyl (C=O) groups is 1. The van der Waals surface area contributed by atoms with Gasteiger partial charge in [-0.1, -0.05) is 18.2 Å². The fourth-order valence-electron chi connectivity index (χ4n) is 1.51. The molecule has 2 rings (SSSR count). The van der Waals surface area contributed by atoms with E-state index in [1.165, 1.54) is 0 Å². The largest absolute Gasteiger partial charge is 0.317 e. The van der Waals surface area contributed by atoms with Crippen molar-refractivity contribution in [3.05, 3.63) is 35.4 Å². The Labute approximate surface area is 125 Å². The molecule has 2 N–H and O–H groups in total. The molecule has 0 heterocycles. The third-order valence-corrected chi connectivity index (χ3v) is 4.69. The summed E-state index contributed by atoms with van der Waals surface area (Å²) < 4.78 is 52.8. The van der Waals surface area contributed by atoms with Gasteiger partial charge in [0.15, 0.2) is 5.83 Å². The van der Waals surface area contributed by atoms with Crippen molar-refractivity contribution < 1.29 is 22.0 Å². The van der Waals surface area contributed by atoms with Crippen LogP contribution in [0.3, 0.4) is 0 Å². The monoisotopic (exact) mass is 336 g/mol. The zero-order valence-electron chi connectivity index (χ0n) is 10.6. The molecule has 0 atom stereocenters. The summed E-state index contributed by atoms with van der Waals surface area (Å²) in [5, 5.41) is 1.54. The second-order valence-electron chi connectivity index (χ2n) is 4.52. The van der Waals surface area contributed by atoms with Gasteiger partial charge < -0.3 is 5.32 Å². The van der Waals surface area contributed by atoms with Crippen molar-refractivity contribution >= 4 is 33.2 Å². The predicted octanol–water partition coefficient (Wildman–Crippen LogP) is 2.34. The fourth-order valence-corrected chi connectivity index (χ4v) is 3.35. The molecular formula is C12H11ClF2N2O3S. The van der Waals surface area contributed by atoms with Crippen LogP contribution in [0, 0.1) is 5.82 Å². The third kappa shape index (κ3) is 3.78. The summed E-state index contributed by atoms with van der Waals surface area (Å²) in [6.07, 6.45) is 1.42. The van der Waals surface area contributed by atoms with E-state index >= 15 is 0 Å². The van der Waals surface area contributed by atoms with Crippen LogP contribution in [-0.2, 0) is 14.8 Å². The molecule has 0 unspecified atom stereocenters. The Morgan fingerprint density at radius 3 is 2.52 bits per heavy atom. The fraction of sp³-hybridized carbons (Fsp3) is 0.250. The molecule has 0 aliphatic heterocycles. The van der Waals surface area contributed by atoms with Gasteiger partial charge in [-0.2, -0.15) is 0 Å². The Hall–Kier alpha value is -1.51. The summed E-state index contributed by atoms with van der Waals surface area (Å²) >= 11 is 5.73. The normalized spacial score (nSPS) is 14.8. The molecular weight excluding hydrogens is 326 g/mol. The molecule has 5 nitrogen and oxygen atoms in total. The van der Waals surface area contributed by atoms with E-state index in [4.69, 9.17) is 11.6 Å². The third-order valence-electron chi connectivity index (χ3n) is 2.70. The topological polar surface area (TPSA) is 75.3 Å². The smallest absolute Gasteiger partial charge is 0.283 e. The average Bonchev–Trinajstić information content (AvgIpc) is 3.15. The minimum Gasteiger partial charge on any atom is -0.317 e. The van der Waals surface area contributed by atoms with Crippen LogP contribution < -0.4 is 10.0 Å². The summed E-state index contributed by atoms with van der Waals surface area (Å²) in [7, 11) is -3.94. The van der Waals surface area contributed by atoms with Gasteiger partial charge in [0.25, 0.3) is 5.91 Å². The molecule has 1 amide bonds. The van der Waals surface area contributed by atoms with Gasteiger partial charge >= 0.3 is 0 Å². The van der Waals surface area contributed by atoms with Gasteiger partial charge in [-0.3, -0.25) is 4.79 Å². The number of amides is 1. The number of benzene rings is 1. The Kier molecular flexibility index (Phi) is 4.31. The first-order valence-electron chi connectivity index (χ1n) is 5.88. The highest BCUT2D eigenvalue weighted by molar-refractivity contribution is 7.89. The van der Waals surface area contributed by atoms with Gasteiger partial charge in [0.05, 0.1) is 10.7 Å². The minimum atomic E-state index is -3.94. The molecule has 0 radical (unpaired) electrons. The summed E-state index contributed by atoms with van der Waals surface area (Å²) in [5.41, 5.74) is -0.501. The van der Waals surface area contributed by atoms with Crippen LogP contribution in [0.15, 0.2) is 29.4 Å². The second-order valence-corrected chi connectivity index (χ2v) is 6.61. The van der Waals surface area contributed by atoms with Crippen LogP contribution in [-0.4, -0.2) is 20.4 Å². The number of nitrogens with one attached hydrogen (secondary N) is 2. The average molecular weight is 337 g/mol. The summed E-state index contributed by atoms with van der Waals surface area (Å²) in [5.74, 6) is -3.58. The van der Waals surface area contributed by atoms with Crippen molar-refractivity contribution in [1.82, 2.24) is 4.72 Å². The zero-order chi connectivity index (χ0) is 15.8. The maximum absolute atomic E-state index is 13.7. The zero-order valence-corrected chi connectivity index (χ0v) is 12.2. The van der Waals surface area contributed by atoms with Gasteiger partial charge in [0.2, 0.25) is 10.0 Å². The molecule has 1 aromatic rings. The number of hydrogen-bond acceptors (Lipinski definition) is 3. The quantitative estimate of drug-likeness (QED) is 0.810. The van der Waals surface area contributed by atoms with Crippen LogP contribution in [0.2, 0.25) is 5.02 Å². The molecule has 21 heavy (non-hydrogen) atoms. The Morgan fingerprint density at radius 2 is 2.00 bits per heavy atom. The summed E-state index contributed by atoms with van der Waals surface area (Å²) in [6, 6.07) is 1.41. The second kappa shape index (κ2) is 5.70. The number of carbonyl (C=O) groups excluding carboxylic acids is 1. The number of anilines is 1. The highest BCUT2D eigenvalue weighted by Gasteiger charge is 2.30. The number of rotatable bonds is 5. The van der Waals surface area contributed by atoms with Gasteiger partial charge in [-0.25, -0.2) is 21.9 Å². The van der Waals surface area contributed by atoms with E-state index < -0.39 is 38.2 Å². The standard InChI is InChI=1S/C12H11ClF2N2O3S/c1-6(14)12(18)16-10-5-11(8(13)4-9(10)15)21(19,20)17-7-2-3-7/h4-5,7,17H,1-3H2,(H,16,18). The SMILES string of the molecule is C=C(F)C(=O)Nc1cc(S(=O)(=O)NC2CC2)c(Cl)cc1F. The minimum absolute atomic E-state index is 0.167. The van der Waals surface area contributed by atoms with E-state index in [-0.39, 0.29) is 11.1 Å². The van der Waals surface area contributed by atoms with Gasteiger partial charge in [-0.15, -0.1) is 0 Å². The van der Waals surface area contributed by atoms with Crippen LogP contribution in [0.5, 0.6) is 0 Å². The molecule has 0 aromatic heterocycles. The van der Waals surface area contributed by atoms with Crippen molar-refractivity contribution in [2.75, 3.05) is 5.32 Å². The first-order chi connectivity index (χ1) is 9.70. The van der Waals surface area contributed by atoms with Gasteiger partial charge in [0, 0.05) is 6.04 Å². The van der Waals surface area contributed by atoms with E-state index in [1.807, 2.05) is 5.32 Å². The molecule has 0 bridgehead atoms. The highest BCUT2D eigenvalue weighted by Crippen LogP contribution is 2.30. The van der Waals surface area contributed by atoms with Crippen molar-refractivity contribution in [2.24, 2.45) is 0 Å². The van der Waals surface area contributed by atoms with Crippen LogP contribution in [0.25, 0.3) is 0 Å². The predicted molar refractivity (Wildman–Crippen MR) is 73.6 cm³/mol. The Bertz CT molecular complexity index is 717. The van der Waals surface area contributed by atoms with Crippen LogP contribution in [0.1, 0.15) is 12.8 Å². The molecule has 9 heteroatoms. The molecule has 1 aliphatic rings. The maximum atomic E-state index is 13.7. The van der Waals surface area contributed by atoms with Gasteiger partial charge in [0.1, 0.15) is 10.7 Å². The van der Waals surface area contributed by atoms with Crippen molar-refractivity contribution in [1.29, 1.82) is 0 Å². The van der Waals surface area contributed by atoms with Crippen LogP contribution in [0.4, 0.5) is 14.5 Å². The Morgan fingerprint density at radius 1 is 1.38 bits per heavy atom. The lowest BCUT2D eigenvalue weighted by molar-refractivity contribution is -0.114. The molecule has 114 valence electrons. The molecule has 0 spiro atoms. The molecule has 1 aromatic carbocycles. The van der Waals surface area contributed by atoms with Crippen molar-refractivity contribution in [3.8, 4) is 0 Å². The molecule has 1 saturated carbocycles. The summed E-state index contributed by atoms with van der Waals surface area (Å²) in [4.78, 5) is 10.8. The Balaban J connectivity index is 2.38. The molecule has 1 aliphatic carbocycles. The lowest BCUT2D eigenvalue weighted by atomic mass is 10.3. The lowest BCUT2D eigenvalue weighted by Gasteiger charge is -2.11. The maximum Gasteiger partial charge on any atom is 0.283 e. The summed E-state index contributed by atoms with van der Waals surface area (Å²) in [6.45, 7) is 2.76. The van der Waals surface area contributed by atoms with Crippen molar-refractivity contribution in [3.63, 3.8) is 0 Å².